The molecule has 0 aliphatic rings. The summed E-state index contributed by atoms with van der Waals surface area (Å²) in [6, 6.07) is 0. The lowest BCUT2D eigenvalue weighted by Crippen LogP contribution is -2.14. The molecule has 10 heteroatoms. The Balaban J connectivity index is 3.00. The van der Waals surface area contributed by atoms with Crippen LogP contribution in [0.15, 0.2) is 0 Å². The zero-order chi connectivity index (χ0) is 9.35. The number of halogens is 3. The maximum Gasteiger partial charge on any atom is 0.474 e. The molecule has 0 saturated heterocycles. The van der Waals surface area contributed by atoms with Crippen LogP contribution in [0.3, 0.4) is 0 Å². The summed E-state index contributed by atoms with van der Waals surface area (Å²) in [4.78, 5) is 9.42. The minimum absolute atomic E-state index is 0.358. The van der Waals surface area contributed by atoms with E-state index in [1.807, 2.05) is 0 Å². The van der Waals surface area contributed by atoms with Gasteiger partial charge in [-0.15, -0.1) is 0 Å². The second kappa shape index (κ2) is 2.39. The van der Waals surface area contributed by atoms with Gasteiger partial charge in [0, 0.05) is 5.03 Å². The number of alkyl halides is 3. The van der Waals surface area contributed by atoms with E-state index in [2.05, 4.69) is 15.4 Å². The summed E-state index contributed by atoms with van der Waals surface area (Å²) in [7, 11) is 0. The van der Waals surface area contributed by atoms with Gasteiger partial charge in [0.25, 0.3) is 0 Å². The Hall–Kier alpha value is -1.74. The number of hydrogen-bond acceptors (Lipinski definition) is 5. The number of tetrazole rings is 1. The van der Waals surface area contributed by atoms with Crippen molar-refractivity contribution in [3.8, 4) is 0 Å². The average molecular weight is 183 g/mol. The summed E-state index contributed by atoms with van der Waals surface area (Å²) in [6.07, 6.45) is -4.81. The molecule has 1 heterocycles. The van der Waals surface area contributed by atoms with Crippen LogP contribution in [-0.2, 0) is 6.18 Å². The third-order valence-corrected chi connectivity index (χ3v) is 0.803. The molecule has 0 N–H and O–H groups in total. The number of nitrogens with zero attached hydrogens (tertiary/aromatic N) is 5. The first kappa shape index (κ1) is 8.36. The standard InChI is InChI=1S/C2F3N5O2/c3-2(4,5)1-6-8-9(7-1)10(11)12. The SMILES string of the molecule is O=[N+]([O-])n1nnc(C(F)(F)F)n1. The molecule has 1 aromatic heterocycles. The second-order valence-electron chi connectivity index (χ2n) is 1.62. The van der Waals surface area contributed by atoms with Crippen LogP contribution in [0.4, 0.5) is 13.2 Å². The van der Waals surface area contributed by atoms with Gasteiger partial charge in [0.2, 0.25) is 0 Å². The lowest BCUT2D eigenvalue weighted by atomic mass is 10.6. The molecule has 7 nitrogen and oxygen atoms in total. The van der Waals surface area contributed by atoms with Gasteiger partial charge >= 0.3 is 12.0 Å². The molecule has 0 aromatic carbocycles. The maximum atomic E-state index is 11.7. The van der Waals surface area contributed by atoms with E-state index >= 15 is 0 Å². The van der Waals surface area contributed by atoms with Gasteiger partial charge in [-0.05, 0) is 5.10 Å². The average Bonchev–Trinajstić information content (AvgIpc) is 2.30. The van der Waals surface area contributed by atoms with Gasteiger partial charge in [-0.1, -0.05) is 0 Å². The number of nitro groups is 1. The van der Waals surface area contributed by atoms with Gasteiger partial charge in [0.15, 0.2) is 4.91 Å². The Morgan fingerprint density at radius 3 is 2.33 bits per heavy atom. The Morgan fingerprint density at radius 2 is 2.08 bits per heavy atom. The summed E-state index contributed by atoms with van der Waals surface area (Å²) in [5.41, 5.74) is 0. The van der Waals surface area contributed by atoms with Crippen molar-refractivity contribution >= 4 is 0 Å². The topological polar surface area (TPSA) is 86.7 Å². The van der Waals surface area contributed by atoms with E-state index in [4.69, 9.17) is 0 Å². The van der Waals surface area contributed by atoms with Crippen LogP contribution in [0.2, 0.25) is 0 Å². The molecule has 66 valence electrons. The van der Waals surface area contributed by atoms with E-state index in [0.29, 0.717) is 0 Å². The largest absolute Gasteiger partial charge is 0.474 e. The fourth-order valence-corrected chi connectivity index (χ4v) is 0.390. The van der Waals surface area contributed by atoms with Gasteiger partial charge in [-0.2, -0.15) is 13.2 Å². The van der Waals surface area contributed by atoms with E-state index in [1.54, 1.807) is 0 Å². The van der Waals surface area contributed by atoms with E-state index < -0.39 is 17.0 Å². The molecule has 0 aliphatic heterocycles. The number of hydrogen-bond donors (Lipinski definition) is 0. The first-order valence-electron chi connectivity index (χ1n) is 2.43. The van der Waals surface area contributed by atoms with Gasteiger partial charge in [0.1, 0.15) is 5.21 Å². The van der Waals surface area contributed by atoms with Crippen LogP contribution in [0.5, 0.6) is 0 Å². The second-order valence-corrected chi connectivity index (χ2v) is 1.62. The Morgan fingerprint density at radius 1 is 1.50 bits per heavy atom. The highest BCUT2D eigenvalue weighted by Crippen LogP contribution is 2.24. The molecular weight excluding hydrogens is 183 g/mol. The third-order valence-electron chi connectivity index (χ3n) is 0.803. The van der Waals surface area contributed by atoms with Crippen LogP contribution in [-0.4, -0.2) is 25.3 Å². The molecule has 0 saturated carbocycles. The molecule has 12 heavy (non-hydrogen) atoms. The molecule has 0 amide bonds. The summed E-state index contributed by atoms with van der Waals surface area (Å²) >= 11 is 0. The summed E-state index contributed by atoms with van der Waals surface area (Å²) in [6.45, 7) is 0. The van der Waals surface area contributed by atoms with Crippen LogP contribution in [0.1, 0.15) is 5.82 Å². The van der Waals surface area contributed by atoms with Gasteiger partial charge in [0.05, 0.1) is 5.10 Å². The van der Waals surface area contributed by atoms with Crippen molar-refractivity contribution in [3.63, 3.8) is 0 Å². The van der Waals surface area contributed by atoms with Gasteiger partial charge < -0.3 is 10.1 Å². The first-order valence-corrected chi connectivity index (χ1v) is 2.43. The van der Waals surface area contributed by atoms with Crippen LogP contribution >= 0.6 is 0 Å². The molecule has 0 radical (unpaired) electrons. The minimum Gasteiger partial charge on any atom is -0.372 e. The zero-order valence-corrected chi connectivity index (χ0v) is 5.19. The van der Waals surface area contributed by atoms with E-state index in [1.165, 1.54) is 0 Å². The number of aromatic nitrogens is 4. The maximum absolute atomic E-state index is 11.7. The molecule has 0 unspecified atom stereocenters. The van der Waals surface area contributed by atoms with E-state index in [-0.39, 0.29) is 4.91 Å². The quantitative estimate of drug-likeness (QED) is 0.441. The lowest BCUT2D eigenvalue weighted by Gasteiger charge is -1.92. The normalized spacial score (nSPS) is 11.6. The highest BCUT2D eigenvalue weighted by Gasteiger charge is 2.42. The first-order chi connectivity index (χ1) is 5.41. The van der Waals surface area contributed by atoms with Crippen molar-refractivity contribution in [2.75, 3.05) is 0 Å². The number of rotatable bonds is 1. The Labute approximate surface area is 61.9 Å². The van der Waals surface area contributed by atoms with Crippen molar-refractivity contribution in [2.24, 2.45) is 0 Å². The van der Waals surface area contributed by atoms with E-state index in [0.717, 1.165) is 0 Å². The monoisotopic (exact) mass is 183 g/mol. The molecule has 1 rings (SSSR count). The summed E-state index contributed by atoms with van der Waals surface area (Å²) in [5, 5.41) is 16.0. The molecule has 0 spiro atoms. The minimum atomic E-state index is -4.81. The fraction of sp³-hybridized carbons (Fsp3) is 0.500. The highest BCUT2D eigenvalue weighted by molar-refractivity contribution is 4.82. The van der Waals surface area contributed by atoms with Crippen molar-refractivity contribution in [3.05, 3.63) is 15.9 Å². The van der Waals surface area contributed by atoms with Crippen molar-refractivity contribution in [2.45, 2.75) is 6.18 Å². The van der Waals surface area contributed by atoms with Gasteiger partial charge in [-0.25, -0.2) is 0 Å². The molecule has 0 bridgehead atoms. The molecule has 0 fully saturated rings. The van der Waals surface area contributed by atoms with Crippen LogP contribution in [0.25, 0.3) is 0 Å². The predicted molar refractivity (Wildman–Crippen MR) is 25.2 cm³/mol. The predicted octanol–water partition coefficient (Wildman–Crippen LogP) is -0.268. The van der Waals surface area contributed by atoms with E-state index in [9.17, 15) is 23.3 Å². The Kier molecular flexibility index (Phi) is 1.66. The van der Waals surface area contributed by atoms with Crippen molar-refractivity contribution in [1.82, 2.24) is 20.3 Å². The summed E-state index contributed by atoms with van der Waals surface area (Å²) in [5.74, 6) is -1.64. The fourth-order valence-electron chi connectivity index (χ4n) is 0.390. The zero-order valence-electron chi connectivity index (χ0n) is 5.19. The van der Waals surface area contributed by atoms with Crippen molar-refractivity contribution < 1.29 is 18.2 Å². The highest BCUT2D eigenvalue weighted by atomic mass is 19.4. The van der Waals surface area contributed by atoms with Gasteiger partial charge in [-0.3, -0.25) is 0 Å². The molecular formula is C2F3N5O2. The Bertz CT molecular complexity index is 304. The van der Waals surface area contributed by atoms with Crippen LogP contribution < -0.4 is 0 Å². The molecule has 0 atom stereocenters. The van der Waals surface area contributed by atoms with Crippen molar-refractivity contribution in [1.29, 1.82) is 0 Å². The molecule has 0 aliphatic carbocycles. The third kappa shape index (κ3) is 1.46. The molecule has 1 aromatic rings. The summed E-state index contributed by atoms with van der Waals surface area (Å²) < 4.78 is 35.0. The van der Waals surface area contributed by atoms with Crippen LogP contribution in [0, 0.1) is 10.1 Å². The smallest absolute Gasteiger partial charge is 0.372 e. The lowest BCUT2D eigenvalue weighted by molar-refractivity contribution is -0.564.